The standard InChI is InChI=1S/C16H19ClF3N3O3/c17-12-8-11(16(18,19)20)9-22-15(12)21-4-1-13(24)23-5-2-10(3-6-23)7-14(25)26/h8-10H,1-7H2,(H,21,22)(H,25,26). The van der Waals surface area contributed by atoms with E-state index in [0.29, 0.717) is 32.1 Å². The van der Waals surface area contributed by atoms with Crippen LogP contribution < -0.4 is 5.32 Å². The molecule has 1 aliphatic rings. The Hall–Kier alpha value is -2.03. The molecule has 0 aromatic carbocycles. The molecule has 0 spiro atoms. The fraction of sp³-hybridized carbons (Fsp3) is 0.562. The highest BCUT2D eigenvalue weighted by Crippen LogP contribution is 2.32. The van der Waals surface area contributed by atoms with Crippen LogP contribution >= 0.6 is 11.6 Å². The second kappa shape index (κ2) is 8.57. The number of carbonyl (C=O) groups excluding carboxylic acids is 1. The lowest BCUT2D eigenvalue weighted by Gasteiger charge is -2.31. The molecule has 0 atom stereocenters. The topological polar surface area (TPSA) is 82.5 Å². The summed E-state index contributed by atoms with van der Waals surface area (Å²) in [4.78, 5) is 28.2. The first-order valence-electron chi connectivity index (χ1n) is 8.13. The molecule has 26 heavy (non-hydrogen) atoms. The Balaban J connectivity index is 1.78. The van der Waals surface area contributed by atoms with Gasteiger partial charge in [-0.3, -0.25) is 9.59 Å². The summed E-state index contributed by atoms with van der Waals surface area (Å²) in [6.07, 6.45) is -2.28. The fourth-order valence-electron chi connectivity index (χ4n) is 2.80. The van der Waals surface area contributed by atoms with Crippen LogP contribution in [0.25, 0.3) is 0 Å². The SMILES string of the molecule is O=C(O)CC1CCN(C(=O)CCNc2ncc(C(F)(F)F)cc2Cl)CC1. The molecule has 0 saturated carbocycles. The molecule has 0 radical (unpaired) electrons. The first kappa shape index (κ1) is 20.3. The number of amides is 1. The van der Waals surface area contributed by atoms with E-state index in [0.717, 1.165) is 6.07 Å². The van der Waals surface area contributed by atoms with E-state index in [1.54, 1.807) is 4.90 Å². The van der Waals surface area contributed by atoms with Gasteiger partial charge in [-0.2, -0.15) is 13.2 Å². The van der Waals surface area contributed by atoms with Crippen molar-refractivity contribution in [2.45, 2.75) is 31.9 Å². The van der Waals surface area contributed by atoms with Crippen LogP contribution in [-0.2, 0) is 15.8 Å². The lowest BCUT2D eigenvalue weighted by atomic mass is 9.93. The highest BCUT2D eigenvalue weighted by atomic mass is 35.5. The van der Waals surface area contributed by atoms with E-state index in [-0.39, 0.29) is 42.1 Å². The van der Waals surface area contributed by atoms with Crippen molar-refractivity contribution in [3.05, 3.63) is 22.8 Å². The number of piperidine rings is 1. The summed E-state index contributed by atoms with van der Waals surface area (Å²) in [5.41, 5.74) is -0.937. The van der Waals surface area contributed by atoms with Gasteiger partial charge in [0, 0.05) is 38.7 Å². The molecule has 0 aliphatic carbocycles. The molecule has 6 nitrogen and oxygen atoms in total. The number of halogens is 4. The van der Waals surface area contributed by atoms with Gasteiger partial charge in [-0.25, -0.2) is 4.98 Å². The van der Waals surface area contributed by atoms with E-state index in [1.165, 1.54) is 0 Å². The average Bonchev–Trinajstić information content (AvgIpc) is 2.55. The molecule has 10 heteroatoms. The van der Waals surface area contributed by atoms with Crippen LogP contribution in [0.4, 0.5) is 19.0 Å². The fourth-order valence-corrected chi connectivity index (χ4v) is 3.04. The Labute approximate surface area is 153 Å². The molecule has 1 amide bonds. The van der Waals surface area contributed by atoms with Gasteiger partial charge in [0.2, 0.25) is 5.91 Å². The highest BCUT2D eigenvalue weighted by Gasteiger charge is 2.31. The van der Waals surface area contributed by atoms with E-state index in [1.807, 2.05) is 0 Å². The first-order chi connectivity index (χ1) is 12.2. The van der Waals surface area contributed by atoms with Gasteiger partial charge in [0.15, 0.2) is 0 Å². The number of carboxylic acids is 1. The third-order valence-corrected chi connectivity index (χ3v) is 4.52. The summed E-state index contributed by atoms with van der Waals surface area (Å²) in [5, 5.41) is 11.4. The Bertz CT molecular complexity index is 662. The van der Waals surface area contributed by atoms with E-state index < -0.39 is 17.7 Å². The third-order valence-electron chi connectivity index (χ3n) is 4.23. The van der Waals surface area contributed by atoms with Crippen LogP contribution in [0.5, 0.6) is 0 Å². The van der Waals surface area contributed by atoms with Crippen LogP contribution in [0.1, 0.15) is 31.2 Å². The maximum absolute atomic E-state index is 12.6. The maximum Gasteiger partial charge on any atom is 0.417 e. The van der Waals surface area contributed by atoms with Crippen molar-refractivity contribution < 1.29 is 27.9 Å². The number of aliphatic carboxylic acids is 1. The van der Waals surface area contributed by atoms with Gasteiger partial charge in [0.1, 0.15) is 5.82 Å². The van der Waals surface area contributed by atoms with Crippen LogP contribution in [-0.4, -0.2) is 46.5 Å². The van der Waals surface area contributed by atoms with Crippen LogP contribution in [0.3, 0.4) is 0 Å². The van der Waals surface area contributed by atoms with Crippen molar-refractivity contribution in [2.75, 3.05) is 25.0 Å². The number of nitrogens with zero attached hydrogens (tertiary/aromatic N) is 2. The predicted octanol–water partition coefficient (Wildman–Crippen LogP) is 3.27. The molecule has 2 N–H and O–H groups in total. The zero-order chi connectivity index (χ0) is 19.3. The molecule has 2 heterocycles. The number of anilines is 1. The number of rotatable bonds is 6. The van der Waals surface area contributed by atoms with Crippen molar-refractivity contribution >= 4 is 29.3 Å². The zero-order valence-electron chi connectivity index (χ0n) is 13.9. The summed E-state index contributed by atoms with van der Waals surface area (Å²) in [7, 11) is 0. The molecule has 1 aromatic rings. The van der Waals surface area contributed by atoms with E-state index in [4.69, 9.17) is 16.7 Å². The van der Waals surface area contributed by atoms with Crippen molar-refractivity contribution in [1.82, 2.24) is 9.88 Å². The third kappa shape index (κ3) is 5.76. The van der Waals surface area contributed by atoms with E-state index in [2.05, 4.69) is 10.3 Å². The number of carbonyl (C=O) groups is 2. The average molecular weight is 394 g/mol. The summed E-state index contributed by atoms with van der Waals surface area (Å²) < 4.78 is 37.7. The number of alkyl halides is 3. The minimum atomic E-state index is -4.52. The Morgan fingerprint density at radius 1 is 1.35 bits per heavy atom. The summed E-state index contributed by atoms with van der Waals surface area (Å²) in [5.74, 6) is -0.758. The number of hydrogen-bond donors (Lipinski definition) is 2. The van der Waals surface area contributed by atoms with Gasteiger partial charge in [-0.1, -0.05) is 11.6 Å². The zero-order valence-corrected chi connectivity index (χ0v) is 14.6. The number of aromatic nitrogens is 1. The molecule has 0 unspecified atom stereocenters. The molecule has 1 aliphatic heterocycles. The van der Waals surface area contributed by atoms with Crippen molar-refractivity contribution in [2.24, 2.45) is 5.92 Å². The summed E-state index contributed by atoms with van der Waals surface area (Å²) in [6, 6.07) is 0.784. The van der Waals surface area contributed by atoms with Crippen LogP contribution in [0.2, 0.25) is 5.02 Å². The molecule has 0 bridgehead atoms. The lowest BCUT2D eigenvalue weighted by Crippen LogP contribution is -2.39. The van der Waals surface area contributed by atoms with Gasteiger partial charge in [-0.05, 0) is 24.8 Å². The predicted molar refractivity (Wildman–Crippen MR) is 88.9 cm³/mol. The number of nitrogens with one attached hydrogen (secondary N) is 1. The Morgan fingerprint density at radius 2 is 2.00 bits per heavy atom. The molecule has 144 valence electrons. The molecule has 2 rings (SSSR count). The minimum Gasteiger partial charge on any atom is -0.481 e. The van der Waals surface area contributed by atoms with Gasteiger partial charge in [-0.15, -0.1) is 0 Å². The highest BCUT2D eigenvalue weighted by molar-refractivity contribution is 6.32. The summed E-state index contributed by atoms with van der Waals surface area (Å²) in [6.45, 7) is 1.21. The number of carboxylic acid groups (broad SMARTS) is 1. The van der Waals surface area contributed by atoms with Crippen LogP contribution in [0.15, 0.2) is 12.3 Å². The van der Waals surface area contributed by atoms with E-state index in [9.17, 15) is 22.8 Å². The maximum atomic E-state index is 12.6. The molecule has 1 saturated heterocycles. The quantitative estimate of drug-likeness (QED) is 0.775. The molecular formula is C16H19ClF3N3O3. The van der Waals surface area contributed by atoms with Crippen molar-refractivity contribution in [1.29, 1.82) is 0 Å². The van der Waals surface area contributed by atoms with Crippen molar-refractivity contribution in [3.63, 3.8) is 0 Å². The number of hydrogen-bond acceptors (Lipinski definition) is 4. The molecule has 1 fully saturated rings. The Kier molecular flexibility index (Phi) is 6.69. The second-order valence-corrected chi connectivity index (χ2v) is 6.56. The minimum absolute atomic E-state index is 0.0878. The molecular weight excluding hydrogens is 375 g/mol. The Morgan fingerprint density at radius 3 is 2.54 bits per heavy atom. The lowest BCUT2D eigenvalue weighted by molar-refractivity contribution is -0.139. The normalized spacial score (nSPS) is 15.8. The van der Waals surface area contributed by atoms with Crippen molar-refractivity contribution in [3.8, 4) is 0 Å². The van der Waals surface area contributed by atoms with Gasteiger partial charge in [0.05, 0.1) is 10.6 Å². The van der Waals surface area contributed by atoms with Crippen LogP contribution in [0, 0.1) is 5.92 Å². The number of pyridine rings is 1. The second-order valence-electron chi connectivity index (χ2n) is 6.15. The smallest absolute Gasteiger partial charge is 0.417 e. The largest absolute Gasteiger partial charge is 0.481 e. The van der Waals surface area contributed by atoms with E-state index >= 15 is 0 Å². The monoisotopic (exact) mass is 393 g/mol. The summed E-state index contributed by atoms with van der Waals surface area (Å²) >= 11 is 5.79. The number of likely N-dealkylation sites (tertiary alicyclic amines) is 1. The van der Waals surface area contributed by atoms with Gasteiger partial charge >= 0.3 is 12.1 Å². The van der Waals surface area contributed by atoms with Gasteiger partial charge in [0.25, 0.3) is 0 Å². The van der Waals surface area contributed by atoms with Gasteiger partial charge < -0.3 is 15.3 Å². The molecule has 1 aromatic heterocycles. The first-order valence-corrected chi connectivity index (χ1v) is 8.51.